The third-order valence-corrected chi connectivity index (χ3v) is 12.4. The lowest BCUT2D eigenvalue weighted by atomic mass is 9.85. The van der Waals surface area contributed by atoms with E-state index in [1.165, 1.54) is 83.9 Å². The van der Waals surface area contributed by atoms with Crippen LogP contribution in [0.5, 0.6) is 0 Å². The van der Waals surface area contributed by atoms with Crippen LogP contribution in [0.3, 0.4) is 0 Å². The lowest BCUT2D eigenvalue weighted by Crippen LogP contribution is -2.10. The fourth-order valence-corrected chi connectivity index (χ4v) is 9.26. The average molecular weight is 825 g/mol. The SMILES string of the molecule is CC1C=Cc2cccc(-c3ccc(N(c4ccc(-c5ccccc5)cc4)c4ccc(-c5ccc6c(c5)c5ccccc5n6-c5ccc(-c6ccccc6)cc5)cc4)cc3)c2C1.CCC. The largest absolute Gasteiger partial charge is 0.311 e. The molecule has 1 atom stereocenters. The molecule has 2 nitrogen and oxygen atoms in total. The lowest BCUT2D eigenvalue weighted by Gasteiger charge is -2.26. The molecule has 10 aromatic rings. The van der Waals surface area contributed by atoms with Crippen LogP contribution in [0.2, 0.25) is 0 Å². The van der Waals surface area contributed by atoms with E-state index in [2.05, 4.69) is 261 Å². The third-order valence-electron chi connectivity index (χ3n) is 12.4. The van der Waals surface area contributed by atoms with E-state index in [9.17, 15) is 0 Å². The summed E-state index contributed by atoms with van der Waals surface area (Å²) in [7, 11) is 0. The van der Waals surface area contributed by atoms with Crippen molar-refractivity contribution in [3.8, 4) is 50.2 Å². The molecular formula is C62H52N2. The van der Waals surface area contributed by atoms with Crippen molar-refractivity contribution in [1.29, 1.82) is 0 Å². The van der Waals surface area contributed by atoms with Gasteiger partial charge in [0.05, 0.1) is 11.0 Å². The van der Waals surface area contributed by atoms with Gasteiger partial charge in [0, 0.05) is 33.5 Å². The number of nitrogens with zero attached hydrogens (tertiary/aromatic N) is 2. The van der Waals surface area contributed by atoms with E-state index in [1.54, 1.807) is 0 Å². The molecule has 1 heterocycles. The predicted molar refractivity (Wildman–Crippen MR) is 275 cm³/mol. The second kappa shape index (κ2) is 18.0. The van der Waals surface area contributed by atoms with Gasteiger partial charge in [0.15, 0.2) is 0 Å². The zero-order valence-corrected chi connectivity index (χ0v) is 36.8. The summed E-state index contributed by atoms with van der Waals surface area (Å²) in [5, 5.41) is 2.49. The van der Waals surface area contributed by atoms with Crippen molar-refractivity contribution in [3.05, 3.63) is 236 Å². The van der Waals surface area contributed by atoms with Gasteiger partial charge in [-0.1, -0.05) is 191 Å². The third kappa shape index (κ3) is 7.96. The minimum atomic E-state index is 0.538. The molecule has 1 aromatic heterocycles. The quantitative estimate of drug-likeness (QED) is 0.148. The number of benzene rings is 9. The number of rotatable bonds is 8. The van der Waals surface area contributed by atoms with Crippen LogP contribution in [0.25, 0.3) is 78.1 Å². The maximum atomic E-state index is 2.39. The van der Waals surface area contributed by atoms with E-state index < -0.39 is 0 Å². The molecule has 0 radical (unpaired) electrons. The Morgan fingerprint density at radius 2 is 0.906 bits per heavy atom. The molecule has 0 fully saturated rings. The first-order valence-corrected chi connectivity index (χ1v) is 22.7. The monoisotopic (exact) mass is 824 g/mol. The number of fused-ring (bicyclic) bond motifs is 4. The van der Waals surface area contributed by atoms with Crippen LogP contribution in [-0.2, 0) is 6.42 Å². The summed E-state index contributed by atoms with van der Waals surface area (Å²) < 4.78 is 2.39. The molecule has 0 spiro atoms. The Balaban J connectivity index is 0.00000157. The number of hydrogen-bond acceptors (Lipinski definition) is 1. The first-order chi connectivity index (χ1) is 31.6. The maximum absolute atomic E-state index is 2.39. The topological polar surface area (TPSA) is 8.17 Å². The fourth-order valence-electron chi connectivity index (χ4n) is 9.26. The van der Waals surface area contributed by atoms with Crippen LogP contribution < -0.4 is 4.90 Å². The summed E-state index contributed by atoms with van der Waals surface area (Å²) in [5.41, 5.74) is 19.5. The van der Waals surface area contributed by atoms with Gasteiger partial charge in [0.25, 0.3) is 0 Å². The van der Waals surface area contributed by atoms with E-state index in [4.69, 9.17) is 0 Å². The fraction of sp³-hybridized carbons (Fsp3) is 0.0968. The molecule has 1 aliphatic rings. The lowest BCUT2D eigenvalue weighted by molar-refractivity contribution is 0.718. The van der Waals surface area contributed by atoms with Crippen molar-refractivity contribution in [2.24, 2.45) is 5.92 Å². The zero-order valence-electron chi connectivity index (χ0n) is 36.8. The van der Waals surface area contributed by atoms with Gasteiger partial charge in [0.1, 0.15) is 0 Å². The molecule has 9 aromatic carbocycles. The minimum absolute atomic E-state index is 0.538. The molecule has 0 bridgehead atoms. The van der Waals surface area contributed by atoms with Gasteiger partial charge in [-0.15, -0.1) is 0 Å². The molecule has 0 saturated heterocycles. The average Bonchev–Trinajstić information content (AvgIpc) is 3.69. The Kier molecular flexibility index (Phi) is 11.3. The Morgan fingerprint density at radius 1 is 0.438 bits per heavy atom. The Morgan fingerprint density at radius 3 is 1.50 bits per heavy atom. The van der Waals surface area contributed by atoms with E-state index >= 15 is 0 Å². The van der Waals surface area contributed by atoms with Crippen molar-refractivity contribution in [2.45, 2.75) is 33.6 Å². The van der Waals surface area contributed by atoms with E-state index in [0.717, 1.165) is 29.2 Å². The van der Waals surface area contributed by atoms with Gasteiger partial charge < -0.3 is 9.47 Å². The van der Waals surface area contributed by atoms with Crippen LogP contribution in [0, 0.1) is 5.92 Å². The molecule has 0 N–H and O–H groups in total. The highest BCUT2D eigenvalue weighted by molar-refractivity contribution is 6.10. The molecule has 2 heteroatoms. The van der Waals surface area contributed by atoms with E-state index in [0.29, 0.717) is 5.92 Å². The van der Waals surface area contributed by atoms with Crippen molar-refractivity contribution in [1.82, 2.24) is 4.57 Å². The molecule has 1 unspecified atom stereocenters. The van der Waals surface area contributed by atoms with Crippen LogP contribution >= 0.6 is 0 Å². The number of para-hydroxylation sites is 1. The van der Waals surface area contributed by atoms with Crippen LogP contribution in [0.4, 0.5) is 17.1 Å². The molecule has 0 amide bonds. The Hall–Kier alpha value is -7.68. The Bertz CT molecular complexity index is 3190. The van der Waals surface area contributed by atoms with Gasteiger partial charge >= 0.3 is 0 Å². The summed E-state index contributed by atoms with van der Waals surface area (Å²) in [5.74, 6) is 0.538. The molecule has 0 aliphatic heterocycles. The van der Waals surface area contributed by atoms with Crippen molar-refractivity contribution in [2.75, 3.05) is 4.90 Å². The van der Waals surface area contributed by atoms with Crippen molar-refractivity contribution >= 4 is 44.9 Å². The van der Waals surface area contributed by atoms with Crippen molar-refractivity contribution < 1.29 is 0 Å². The first-order valence-electron chi connectivity index (χ1n) is 22.7. The molecule has 310 valence electrons. The molecular weight excluding hydrogens is 773 g/mol. The minimum Gasteiger partial charge on any atom is -0.311 e. The van der Waals surface area contributed by atoms with Gasteiger partial charge in [-0.2, -0.15) is 0 Å². The van der Waals surface area contributed by atoms with Gasteiger partial charge in [0.2, 0.25) is 0 Å². The maximum Gasteiger partial charge on any atom is 0.0541 e. The van der Waals surface area contributed by atoms with Gasteiger partial charge in [-0.05, 0) is 135 Å². The van der Waals surface area contributed by atoms with Gasteiger partial charge in [-0.3, -0.25) is 0 Å². The first kappa shape index (κ1) is 40.4. The van der Waals surface area contributed by atoms with E-state index in [1.807, 2.05) is 0 Å². The number of aromatic nitrogens is 1. The van der Waals surface area contributed by atoms with E-state index in [-0.39, 0.29) is 0 Å². The number of hydrogen-bond donors (Lipinski definition) is 0. The van der Waals surface area contributed by atoms with Crippen molar-refractivity contribution in [3.63, 3.8) is 0 Å². The highest BCUT2D eigenvalue weighted by Gasteiger charge is 2.18. The number of allylic oxidation sites excluding steroid dienone is 1. The highest BCUT2D eigenvalue weighted by Crippen LogP contribution is 2.40. The second-order valence-corrected chi connectivity index (χ2v) is 17.0. The normalized spacial score (nSPS) is 13.0. The van der Waals surface area contributed by atoms with Crippen LogP contribution in [0.1, 0.15) is 38.3 Å². The summed E-state index contributed by atoms with van der Waals surface area (Å²) in [4.78, 5) is 2.37. The van der Waals surface area contributed by atoms with Crippen LogP contribution in [0.15, 0.2) is 224 Å². The summed E-state index contributed by atoms with van der Waals surface area (Å²) in [6, 6.07) is 79.6. The molecule has 1 aliphatic carbocycles. The summed E-state index contributed by atoms with van der Waals surface area (Å²) >= 11 is 0. The highest BCUT2D eigenvalue weighted by atomic mass is 15.1. The predicted octanol–water partition coefficient (Wildman–Crippen LogP) is 17.5. The number of anilines is 3. The Labute approximate surface area is 378 Å². The zero-order chi connectivity index (χ0) is 43.4. The summed E-state index contributed by atoms with van der Waals surface area (Å²) in [6.45, 7) is 6.55. The standard InChI is InChI=1S/C59H44N2.C3H8/c1-41-19-20-47-15-10-17-54(56(47)39-41)48-27-36-52(37-28-48)60(50-30-21-44(22-31-50)42-11-4-2-5-12-42)51-32-25-46(26-33-51)49-29-38-59-57(40-49)55-16-8-9-18-58(55)61(59)53-34-23-45(24-35-53)43-13-6-3-7-14-43;1-3-2/h2-38,40-41H,39H2,1H3;3H2,1-2H3. The summed E-state index contributed by atoms with van der Waals surface area (Å²) in [6.07, 6.45) is 6.92. The molecule has 64 heavy (non-hydrogen) atoms. The molecule has 0 saturated carbocycles. The smallest absolute Gasteiger partial charge is 0.0541 e. The van der Waals surface area contributed by atoms with Gasteiger partial charge in [-0.25, -0.2) is 0 Å². The second-order valence-electron chi connectivity index (χ2n) is 17.0. The molecule has 11 rings (SSSR count). The van der Waals surface area contributed by atoms with Crippen LogP contribution in [-0.4, -0.2) is 4.57 Å².